The average molecular weight is 404 g/mol. The number of para-hydroxylation sites is 1. The number of benzene rings is 2. The summed E-state index contributed by atoms with van der Waals surface area (Å²) in [7, 11) is 0. The van der Waals surface area contributed by atoms with E-state index in [1.165, 1.54) is 5.56 Å². The Labute approximate surface area is 174 Å². The monoisotopic (exact) mass is 404 g/mol. The van der Waals surface area contributed by atoms with Crippen molar-refractivity contribution in [1.82, 2.24) is 0 Å². The van der Waals surface area contributed by atoms with Crippen molar-refractivity contribution in [3.8, 4) is 0 Å². The van der Waals surface area contributed by atoms with Crippen LogP contribution in [-0.4, -0.2) is 30.1 Å². The highest BCUT2D eigenvalue weighted by atomic mass is 16.6. The molecule has 0 aliphatic heterocycles. The zero-order valence-electron chi connectivity index (χ0n) is 16.8. The number of rotatable bonds is 8. The minimum Gasteiger partial charge on any atom is -0.455 e. The average Bonchev–Trinajstić information content (AvgIpc) is 3.18. The Morgan fingerprint density at radius 1 is 1.23 bits per heavy atom. The standard InChI is InChI=1S/C23H24N4O3/c1-23(18-8-3-2-4-9-18)12-17(13-23)22(26-29-15-19(28)14-25-27-24)21-11-16-7-5-6-10-20(16)30-21/h2-11,17,19,28H,12-15H2,1H3/b26-22+. The lowest BCUT2D eigenvalue weighted by Crippen LogP contribution is -2.42. The third kappa shape index (κ3) is 4.17. The summed E-state index contributed by atoms with van der Waals surface area (Å²) < 4.78 is 6.04. The Hall–Kier alpha value is -3.28. The molecule has 0 spiro atoms. The van der Waals surface area contributed by atoms with Crippen molar-refractivity contribution in [2.24, 2.45) is 16.2 Å². The summed E-state index contributed by atoms with van der Waals surface area (Å²) >= 11 is 0. The number of hydrogen-bond donors (Lipinski definition) is 1. The molecular formula is C23H24N4O3. The van der Waals surface area contributed by atoms with Crippen molar-refractivity contribution >= 4 is 16.7 Å². The van der Waals surface area contributed by atoms with Gasteiger partial charge in [-0.25, -0.2) is 0 Å². The van der Waals surface area contributed by atoms with E-state index in [1.807, 2.05) is 36.4 Å². The quantitative estimate of drug-likeness (QED) is 0.184. The lowest BCUT2D eigenvalue weighted by atomic mass is 9.58. The summed E-state index contributed by atoms with van der Waals surface area (Å²) in [6, 6.07) is 20.3. The van der Waals surface area contributed by atoms with Gasteiger partial charge >= 0.3 is 0 Å². The van der Waals surface area contributed by atoms with Crippen molar-refractivity contribution in [1.29, 1.82) is 0 Å². The highest BCUT2D eigenvalue weighted by molar-refractivity contribution is 6.03. The highest BCUT2D eigenvalue weighted by Gasteiger charge is 2.45. The molecule has 1 fully saturated rings. The first-order chi connectivity index (χ1) is 14.6. The molecule has 0 amide bonds. The van der Waals surface area contributed by atoms with Crippen LogP contribution in [0.15, 0.2) is 75.4 Å². The Morgan fingerprint density at radius 3 is 2.70 bits per heavy atom. The molecule has 2 aromatic carbocycles. The summed E-state index contributed by atoms with van der Waals surface area (Å²) in [5.41, 5.74) is 11.3. The van der Waals surface area contributed by atoms with Gasteiger partial charge in [-0.3, -0.25) is 0 Å². The van der Waals surface area contributed by atoms with E-state index >= 15 is 0 Å². The number of azide groups is 1. The zero-order valence-corrected chi connectivity index (χ0v) is 16.8. The SMILES string of the molecule is CC1(c2ccccc2)CC(/C(=N\OCC(O)CN=[N+]=[N-])c2cc3ccccc3o2)C1. The first-order valence-electron chi connectivity index (χ1n) is 10.0. The highest BCUT2D eigenvalue weighted by Crippen LogP contribution is 2.49. The molecule has 0 saturated heterocycles. The van der Waals surface area contributed by atoms with Crippen molar-refractivity contribution < 1.29 is 14.4 Å². The van der Waals surface area contributed by atoms with Crippen molar-refractivity contribution in [2.75, 3.05) is 13.2 Å². The molecule has 30 heavy (non-hydrogen) atoms. The maximum atomic E-state index is 9.84. The van der Waals surface area contributed by atoms with Gasteiger partial charge in [0.1, 0.15) is 17.9 Å². The fourth-order valence-electron chi connectivity index (χ4n) is 4.10. The molecule has 3 aromatic rings. The number of aliphatic hydroxyl groups is 1. The van der Waals surface area contributed by atoms with Crippen LogP contribution < -0.4 is 0 Å². The normalized spacial score (nSPS) is 22.2. The first-order valence-corrected chi connectivity index (χ1v) is 10.0. The van der Waals surface area contributed by atoms with Crippen LogP contribution in [0.1, 0.15) is 31.1 Å². The summed E-state index contributed by atoms with van der Waals surface area (Å²) in [6.45, 7) is 2.16. The van der Waals surface area contributed by atoms with Gasteiger partial charge in [0, 0.05) is 16.2 Å². The number of oxime groups is 1. The van der Waals surface area contributed by atoms with Crippen LogP contribution in [0, 0.1) is 5.92 Å². The third-order valence-electron chi connectivity index (χ3n) is 5.71. The van der Waals surface area contributed by atoms with Gasteiger partial charge in [0.05, 0.1) is 12.6 Å². The summed E-state index contributed by atoms with van der Waals surface area (Å²) in [4.78, 5) is 8.08. The molecule has 1 heterocycles. The van der Waals surface area contributed by atoms with Crippen LogP contribution in [0.4, 0.5) is 0 Å². The van der Waals surface area contributed by atoms with Gasteiger partial charge < -0.3 is 14.4 Å². The molecule has 7 heteroatoms. The number of furan rings is 1. The maximum absolute atomic E-state index is 9.84. The maximum Gasteiger partial charge on any atom is 0.153 e. The molecule has 4 rings (SSSR count). The van der Waals surface area contributed by atoms with Gasteiger partial charge in [-0.05, 0) is 41.5 Å². The molecular weight excluding hydrogens is 380 g/mol. The molecule has 154 valence electrons. The second-order valence-corrected chi connectivity index (χ2v) is 8.02. The lowest BCUT2D eigenvalue weighted by molar-refractivity contribution is 0.0430. The Balaban J connectivity index is 1.55. The van der Waals surface area contributed by atoms with Gasteiger partial charge in [0.15, 0.2) is 5.76 Å². The first kappa shape index (κ1) is 20.0. The fraction of sp³-hybridized carbons (Fsp3) is 0.348. The predicted molar refractivity (Wildman–Crippen MR) is 115 cm³/mol. The molecule has 1 aromatic heterocycles. The van der Waals surface area contributed by atoms with Crippen molar-refractivity contribution in [3.05, 3.63) is 82.4 Å². The molecule has 1 atom stereocenters. The number of fused-ring (bicyclic) bond motifs is 1. The Bertz CT molecular complexity index is 1050. The largest absolute Gasteiger partial charge is 0.455 e. The fourth-order valence-corrected chi connectivity index (χ4v) is 4.10. The molecule has 1 unspecified atom stereocenters. The molecule has 0 radical (unpaired) electrons. The second kappa shape index (κ2) is 8.61. The lowest BCUT2D eigenvalue weighted by Gasteiger charge is -2.45. The smallest absolute Gasteiger partial charge is 0.153 e. The molecule has 1 aliphatic carbocycles. The molecule has 1 saturated carbocycles. The zero-order chi connectivity index (χ0) is 21.0. The predicted octanol–water partition coefficient (Wildman–Crippen LogP) is 5.19. The van der Waals surface area contributed by atoms with Crippen LogP contribution in [0.25, 0.3) is 21.4 Å². The number of hydrogen-bond acceptors (Lipinski definition) is 5. The minimum atomic E-state index is -0.905. The molecule has 0 bridgehead atoms. The van der Waals surface area contributed by atoms with Crippen LogP contribution >= 0.6 is 0 Å². The van der Waals surface area contributed by atoms with Gasteiger partial charge in [-0.1, -0.05) is 65.7 Å². The van der Waals surface area contributed by atoms with E-state index in [4.69, 9.17) is 14.8 Å². The van der Waals surface area contributed by atoms with E-state index in [2.05, 4.69) is 46.4 Å². The summed E-state index contributed by atoms with van der Waals surface area (Å²) in [5, 5.41) is 18.5. The number of nitrogens with zero attached hydrogens (tertiary/aromatic N) is 4. The minimum absolute atomic E-state index is 0.0502. The van der Waals surface area contributed by atoms with E-state index in [-0.39, 0.29) is 24.5 Å². The van der Waals surface area contributed by atoms with E-state index in [9.17, 15) is 5.11 Å². The van der Waals surface area contributed by atoms with E-state index in [0.717, 1.165) is 29.5 Å². The van der Waals surface area contributed by atoms with E-state index in [1.54, 1.807) is 0 Å². The van der Waals surface area contributed by atoms with Gasteiger partial charge in [0.2, 0.25) is 0 Å². The van der Waals surface area contributed by atoms with Gasteiger partial charge in [-0.2, -0.15) is 0 Å². The molecule has 1 N–H and O–H groups in total. The topological polar surface area (TPSA) is 104 Å². The second-order valence-electron chi connectivity index (χ2n) is 8.02. The van der Waals surface area contributed by atoms with Crippen LogP contribution in [0.3, 0.4) is 0 Å². The summed E-state index contributed by atoms with van der Waals surface area (Å²) in [5.74, 6) is 0.867. The van der Waals surface area contributed by atoms with Crippen molar-refractivity contribution in [2.45, 2.75) is 31.3 Å². The Morgan fingerprint density at radius 2 is 1.97 bits per heavy atom. The number of aliphatic hydroxyl groups excluding tert-OH is 1. The van der Waals surface area contributed by atoms with Crippen LogP contribution in [0.5, 0.6) is 0 Å². The van der Waals surface area contributed by atoms with E-state index in [0.29, 0.717) is 5.76 Å². The van der Waals surface area contributed by atoms with Crippen molar-refractivity contribution in [3.63, 3.8) is 0 Å². The van der Waals surface area contributed by atoms with Crippen LogP contribution in [0.2, 0.25) is 0 Å². The molecule has 1 aliphatic rings. The summed E-state index contributed by atoms with van der Waals surface area (Å²) in [6.07, 6.45) is 0.951. The van der Waals surface area contributed by atoms with Gasteiger partial charge in [-0.15, -0.1) is 0 Å². The van der Waals surface area contributed by atoms with Crippen LogP contribution in [-0.2, 0) is 10.3 Å². The van der Waals surface area contributed by atoms with Gasteiger partial charge in [0.25, 0.3) is 0 Å². The van der Waals surface area contributed by atoms with E-state index < -0.39 is 6.10 Å². The third-order valence-corrected chi connectivity index (χ3v) is 5.71. The molecule has 7 nitrogen and oxygen atoms in total. The Kier molecular flexibility index (Phi) is 5.74.